The SMILES string of the molecule is CC(CC(O)C1=C(O)C=CCC1=NP(=O)(O)O)c1ccc(O)cc1. The lowest BCUT2D eigenvalue weighted by Crippen LogP contribution is -2.23. The van der Waals surface area contributed by atoms with E-state index in [2.05, 4.69) is 4.76 Å². The lowest BCUT2D eigenvalue weighted by molar-refractivity contribution is 0.192. The molecule has 7 nitrogen and oxygen atoms in total. The van der Waals surface area contributed by atoms with Gasteiger partial charge in [0.1, 0.15) is 11.5 Å². The van der Waals surface area contributed by atoms with E-state index in [1.807, 2.05) is 6.92 Å². The minimum atomic E-state index is -4.67. The first-order valence-electron chi connectivity index (χ1n) is 7.39. The predicted octanol–water partition coefficient (Wildman–Crippen LogP) is 2.55. The number of aliphatic hydroxyl groups is 2. The molecule has 1 aromatic rings. The lowest BCUT2D eigenvalue weighted by Gasteiger charge is -2.23. The van der Waals surface area contributed by atoms with E-state index in [1.54, 1.807) is 24.3 Å². The molecule has 5 N–H and O–H groups in total. The number of rotatable bonds is 5. The van der Waals surface area contributed by atoms with Crippen molar-refractivity contribution in [3.8, 4) is 5.75 Å². The highest BCUT2D eigenvalue weighted by molar-refractivity contribution is 7.50. The van der Waals surface area contributed by atoms with Gasteiger partial charge in [-0.3, -0.25) is 0 Å². The van der Waals surface area contributed by atoms with Gasteiger partial charge in [-0.15, -0.1) is 0 Å². The van der Waals surface area contributed by atoms with Crippen molar-refractivity contribution in [2.75, 3.05) is 0 Å². The molecule has 24 heavy (non-hydrogen) atoms. The summed E-state index contributed by atoms with van der Waals surface area (Å²) in [6.45, 7) is 1.87. The minimum Gasteiger partial charge on any atom is -0.508 e. The molecule has 130 valence electrons. The van der Waals surface area contributed by atoms with E-state index in [4.69, 9.17) is 9.79 Å². The fraction of sp³-hybridized carbons (Fsp3) is 0.312. The van der Waals surface area contributed by atoms with Gasteiger partial charge in [0.25, 0.3) is 0 Å². The molecular weight excluding hydrogens is 333 g/mol. The largest absolute Gasteiger partial charge is 0.508 e. The average molecular weight is 353 g/mol. The van der Waals surface area contributed by atoms with Gasteiger partial charge in [0.2, 0.25) is 0 Å². The van der Waals surface area contributed by atoms with Crippen LogP contribution in [0.25, 0.3) is 0 Å². The number of aliphatic hydroxyl groups excluding tert-OH is 2. The summed E-state index contributed by atoms with van der Waals surface area (Å²) in [6.07, 6.45) is 2.10. The average Bonchev–Trinajstić information content (AvgIpc) is 2.46. The normalized spacial score (nSPS) is 19.6. The van der Waals surface area contributed by atoms with E-state index < -0.39 is 13.9 Å². The molecule has 1 aliphatic rings. The van der Waals surface area contributed by atoms with Crippen LogP contribution in [0.15, 0.2) is 52.5 Å². The molecular formula is C16H20NO6P. The molecule has 0 amide bonds. The smallest absolute Gasteiger partial charge is 0.448 e. The van der Waals surface area contributed by atoms with E-state index in [0.717, 1.165) is 5.56 Å². The second kappa shape index (κ2) is 7.32. The molecule has 0 saturated carbocycles. The van der Waals surface area contributed by atoms with Crippen LogP contribution in [-0.4, -0.2) is 36.9 Å². The maximum absolute atomic E-state index is 11.1. The first kappa shape index (κ1) is 18.4. The van der Waals surface area contributed by atoms with Crippen molar-refractivity contribution in [2.45, 2.75) is 31.8 Å². The Bertz CT molecular complexity index is 731. The Morgan fingerprint density at radius 2 is 1.83 bits per heavy atom. The first-order chi connectivity index (χ1) is 11.2. The van der Waals surface area contributed by atoms with Crippen molar-refractivity contribution >= 4 is 13.5 Å². The quantitative estimate of drug-likeness (QED) is 0.517. The van der Waals surface area contributed by atoms with Gasteiger partial charge < -0.3 is 25.1 Å². The van der Waals surface area contributed by atoms with Gasteiger partial charge in [0.15, 0.2) is 0 Å². The van der Waals surface area contributed by atoms with Crippen LogP contribution in [-0.2, 0) is 4.57 Å². The number of hydrogen-bond donors (Lipinski definition) is 5. The van der Waals surface area contributed by atoms with Crippen LogP contribution in [0.4, 0.5) is 0 Å². The highest BCUT2D eigenvalue weighted by Crippen LogP contribution is 2.39. The molecule has 2 atom stereocenters. The molecule has 1 aromatic carbocycles. The maximum atomic E-state index is 11.1. The highest BCUT2D eigenvalue weighted by Gasteiger charge is 2.27. The van der Waals surface area contributed by atoms with Crippen LogP contribution >= 0.6 is 7.75 Å². The molecule has 0 aliphatic heterocycles. The summed E-state index contributed by atoms with van der Waals surface area (Å²) in [5.74, 6) is -0.220. The number of nitrogens with zero attached hydrogens (tertiary/aromatic N) is 1. The summed E-state index contributed by atoms with van der Waals surface area (Å²) < 4.78 is 14.5. The molecule has 0 spiro atoms. The zero-order chi connectivity index (χ0) is 17.9. The maximum Gasteiger partial charge on any atom is 0.448 e. The van der Waals surface area contributed by atoms with Crippen LogP contribution in [0, 0.1) is 0 Å². The van der Waals surface area contributed by atoms with Crippen molar-refractivity contribution in [2.24, 2.45) is 4.76 Å². The molecule has 0 aromatic heterocycles. The van der Waals surface area contributed by atoms with E-state index in [0.29, 0.717) is 0 Å². The van der Waals surface area contributed by atoms with E-state index >= 15 is 0 Å². The third-order valence-corrected chi connectivity index (χ3v) is 4.30. The van der Waals surface area contributed by atoms with Gasteiger partial charge in [0, 0.05) is 12.0 Å². The zero-order valence-corrected chi connectivity index (χ0v) is 14.0. The first-order valence-corrected chi connectivity index (χ1v) is 8.95. The Balaban J connectivity index is 2.23. The van der Waals surface area contributed by atoms with Crippen LogP contribution in [0.1, 0.15) is 31.2 Å². The third kappa shape index (κ3) is 4.79. The summed E-state index contributed by atoms with van der Waals surface area (Å²) in [7, 11) is -4.67. The summed E-state index contributed by atoms with van der Waals surface area (Å²) in [4.78, 5) is 18.1. The Kier molecular flexibility index (Phi) is 5.62. The van der Waals surface area contributed by atoms with Crippen LogP contribution in [0.3, 0.4) is 0 Å². The number of phenols is 1. The predicted molar refractivity (Wildman–Crippen MR) is 90.0 cm³/mol. The Hall–Kier alpha value is -1.92. The van der Waals surface area contributed by atoms with Gasteiger partial charge in [-0.1, -0.05) is 25.1 Å². The Morgan fingerprint density at radius 1 is 1.21 bits per heavy atom. The molecule has 1 aliphatic carbocycles. The van der Waals surface area contributed by atoms with E-state index in [-0.39, 0.29) is 41.6 Å². The van der Waals surface area contributed by atoms with Crippen molar-refractivity contribution in [3.05, 3.63) is 53.3 Å². The van der Waals surface area contributed by atoms with Crippen molar-refractivity contribution in [3.63, 3.8) is 0 Å². The number of benzene rings is 1. The lowest BCUT2D eigenvalue weighted by atomic mass is 9.88. The summed E-state index contributed by atoms with van der Waals surface area (Å²) in [5, 5.41) is 29.8. The van der Waals surface area contributed by atoms with Gasteiger partial charge in [0.05, 0.1) is 11.8 Å². The minimum absolute atomic E-state index is 0.0197. The molecule has 0 bridgehead atoms. The van der Waals surface area contributed by atoms with Crippen LogP contribution in [0.5, 0.6) is 5.75 Å². The van der Waals surface area contributed by atoms with Gasteiger partial charge in [-0.25, -0.2) is 4.57 Å². The van der Waals surface area contributed by atoms with Crippen molar-refractivity contribution in [1.29, 1.82) is 0 Å². The van der Waals surface area contributed by atoms with Gasteiger partial charge >= 0.3 is 7.75 Å². The molecule has 0 saturated heterocycles. The number of hydrogen-bond acceptors (Lipinski definition) is 4. The molecule has 0 fully saturated rings. The second-order valence-corrected chi connectivity index (χ2v) is 6.94. The number of aromatic hydroxyl groups is 1. The standard InChI is InChI=1S/C16H20NO6P/c1-10(11-5-7-12(18)8-6-11)9-15(20)16-13(17-24(21,22)23)3-2-4-14(16)19/h2,4-8,10,15,18-20H,3,9H2,1H3,(H2,21,22,23). The summed E-state index contributed by atoms with van der Waals surface area (Å²) in [5.41, 5.74) is 0.895. The second-order valence-electron chi connectivity index (χ2n) is 5.71. The molecule has 0 heterocycles. The number of allylic oxidation sites excluding steroid dienone is 2. The van der Waals surface area contributed by atoms with Crippen molar-refractivity contribution < 1.29 is 29.7 Å². The monoisotopic (exact) mass is 353 g/mol. The molecule has 8 heteroatoms. The molecule has 0 radical (unpaired) electrons. The summed E-state index contributed by atoms with van der Waals surface area (Å²) in [6, 6.07) is 6.54. The topological polar surface area (TPSA) is 131 Å². The number of phenolic OH excluding ortho intramolecular Hbond substituents is 1. The van der Waals surface area contributed by atoms with Crippen LogP contribution < -0.4 is 0 Å². The third-order valence-electron chi connectivity index (χ3n) is 3.80. The van der Waals surface area contributed by atoms with Crippen LogP contribution in [0.2, 0.25) is 0 Å². The highest BCUT2D eigenvalue weighted by atomic mass is 31.2. The van der Waals surface area contributed by atoms with Gasteiger partial charge in [-0.2, -0.15) is 4.76 Å². The zero-order valence-electron chi connectivity index (χ0n) is 13.1. The van der Waals surface area contributed by atoms with Crippen molar-refractivity contribution in [1.82, 2.24) is 0 Å². The molecule has 2 unspecified atom stereocenters. The van der Waals surface area contributed by atoms with Gasteiger partial charge in [-0.05, 0) is 36.1 Å². The fourth-order valence-corrected chi connectivity index (χ4v) is 3.14. The van der Waals surface area contributed by atoms with E-state index in [1.165, 1.54) is 12.2 Å². The summed E-state index contributed by atoms with van der Waals surface area (Å²) >= 11 is 0. The Morgan fingerprint density at radius 3 is 2.42 bits per heavy atom. The fourth-order valence-electron chi connectivity index (χ4n) is 2.64. The molecule has 2 rings (SSSR count). The Labute approximate surface area is 139 Å². The van der Waals surface area contributed by atoms with E-state index in [9.17, 15) is 19.9 Å².